The van der Waals surface area contributed by atoms with Gasteiger partial charge in [0.2, 0.25) is 0 Å². The molecule has 0 aliphatic heterocycles. The summed E-state index contributed by atoms with van der Waals surface area (Å²) < 4.78 is 15.7. The van der Waals surface area contributed by atoms with Crippen LogP contribution >= 0.6 is 0 Å². The number of nitrogens with two attached hydrogens (primary N) is 1. The smallest absolute Gasteiger partial charge is 0.251 e. The number of amides is 1. The fourth-order valence-corrected chi connectivity index (χ4v) is 3.14. The number of primary amides is 1. The molecule has 0 saturated heterocycles. The van der Waals surface area contributed by atoms with E-state index in [9.17, 15) is 9.18 Å². The van der Waals surface area contributed by atoms with E-state index in [0.717, 1.165) is 29.7 Å². The Kier molecular flexibility index (Phi) is 2.79. The molecule has 1 aromatic heterocycles. The van der Waals surface area contributed by atoms with Crippen molar-refractivity contribution >= 4 is 16.8 Å². The maximum Gasteiger partial charge on any atom is 0.251 e. The van der Waals surface area contributed by atoms with Crippen LogP contribution < -0.4 is 5.73 Å². The molecule has 2 N–H and O–H groups in total. The number of para-hydroxylation sites is 1. The Balaban J connectivity index is 2.14. The third-order valence-corrected chi connectivity index (χ3v) is 4.19. The van der Waals surface area contributed by atoms with Crippen LogP contribution in [0, 0.1) is 5.82 Å². The van der Waals surface area contributed by atoms with E-state index < -0.39 is 5.91 Å². The Hall–Kier alpha value is -2.62. The SMILES string of the molecule is NC(=O)c1c(C2CC2)n(-c2ccccc2)c2ccc(F)cc12. The van der Waals surface area contributed by atoms with Gasteiger partial charge in [-0.05, 0) is 43.2 Å². The molecular formula is C18H15FN2O. The molecule has 4 heteroatoms. The first-order chi connectivity index (χ1) is 10.7. The zero-order valence-corrected chi connectivity index (χ0v) is 11.9. The minimum atomic E-state index is -0.493. The molecule has 1 saturated carbocycles. The molecule has 2 aromatic carbocycles. The van der Waals surface area contributed by atoms with E-state index in [0.29, 0.717) is 16.9 Å². The van der Waals surface area contributed by atoms with Crippen LogP contribution in [-0.4, -0.2) is 10.5 Å². The van der Waals surface area contributed by atoms with Gasteiger partial charge in [0.25, 0.3) is 5.91 Å². The van der Waals surface area contributed by atoms with Gasteiger partial charge in [0, 0.05) is 22.7 Å². The number of nitrogens with zero attached hydrogens (tertiary/aromatic N) is 1. The number of hydrogen-bond acceptors (Lipinski definition) is 1. The average molecular weight is 294 g/mol. The number of fused-ring (bicyclic) bond motifs is 1. The van der Waals surface area contributed by atoms with Gasteiger partial charge in [0.15, 0.2) is 0 Å². The summed E-state index contributed by atoms with van der Waals surface area (Å²) in [4.78, 5) is 12.0. The van der Waals surface area contributed by atoms with E-state index >= 15 is 0 Å². The second kappa shape index (κ2) is 4.70. The standard InChI is InChI=1S/C18H15FN2O/c19-12-8-9-15-14(10-12)16(18(20)22)17(11-6-7-11)21(15)13-4-2-1-3-5-13/h1-5,8-11H,6-7H2,(H2,20,22). The van der Waals surface area contributed by atoms with E-state index in [-0.39, 0.29) is 5.82 Å². The molecule has 0 atom stereocenters. The predicted octanol–water partition coefficient (Wildman–Crippen LogP) is 3.75. The van der Waals surface area contributed by atoms with Gasteiger partial charge in [-0.1, -0.05) is 18.2 Å². The Morgan fingerprint density at radius 3 is 2.50 bits per heavy atom. The quantitative estimate of drug-likeness (QED) is 0.786. The largest absolute Gasteiger partial charge is 0.366 e. The molecule has 0 unspecified atom stereocenters. The van der Waals surface area contributed by atoms with Crippen molar-refractivity contribution in [2.45, 2.75) is 18.8 Å². The third kappa shape index (κ3) is 1.91. The molecule has 1 amide bonds. The minimum absolute atomic E-state index is 0.318. The maximum absolute atomic E-state index is 13.7. The topological polar surface area (TPSA) is 48.0 Å². The molecule has 4 rings (SSSR count). The monoisotopic (exact) mass is 294 g/mol. The van der Waals surface area contributed by atoms with Gasteiger partial charge in [-0.3, -0.25) is 4.79 Å². The number of rotatable bonds is 3. The minimum Gasteiger partial charge on any atom is -0.366 e. The maximum atomic E-state index is 13.7. The first kappa shape index (κ1) is 13.1. The van der Waals surface area contributed by atoms with Crippen molar-refractivity contribution in [3.63, 3.8) is 0 Å². The average Bonchev–Trinajstić information content (AvgIpc) is 3.29. The number of halogens is 1. The van der Waals surface area contributed by atoms with Crippen molar-refractivity contribution in [3.05, 3.63) is 65.6 Å². The lowest BCUT2D eigenvalue weighted by Crippen LogP contribution is -2.14. The van der Waals surface area contributed by atoms with Gasteiger partial charge in [0.05, 0.1) is 11.1 Å². The molecule has 1 fully saturated rings. The Bertz CT molecular complexity index is 879. The number of aromatic nitrogens is 1. The molecular weight excluding hydrogens is 279 g/mol. The fourth-order valence-electron chi connectivity index (χ4n) is 3.14. The first-order valence-electron chi connectivity index (χ1n) is 7.36. The van der Waals surface area contributed by atoms with E-state index in [1.165, 1.54) is 12.1 Å². The van der Waals surface area contributed by atoms with Crippen LogP contribution in [0.1, 0.15) is 34.8 Å². The van der Waals surface area contributed by atoms with Crippen LogP contribution in [0.3, 0.4) is 0 Å². The van der Waals surface area contributed by atoms with Crippen molar-refractivity contribution in [1.82, 2.24) is 4.57 Å². The van der Waals surface area contributed by atoms with E-state index in [4.69, 9.17) is 5.73 Å². The van der Waals surface area contributed by atoms with Gasteiger partial charge in [0.1, 0.15) is 5.82 Å². The van der Waals surface area contributed by atoms with Crippen molar-refractivity contribution in [1.29, 1.82) is 0 Å². The molecule has 1 heterocycles. The first-order valence-corrected chi connectivity index (χ1v) is 7.36. The molecule has 0 radical (unpaired) electrons. The van der Waals surface area contributed by atoms with E-state index in [1.54, 1.807) is 6.07 Å². The lowest BCUT2D eigenvalue weighted by molar-refractivity contribution is 0.100. The van der Waals surface area contributed by atoms with Crippen LogP contribution in [0.4, 0.5) is 4.39 Å². The normalized spacial score (nSPS) is 14.4. The predicted molar refractivity (Wildman–Crippen MR) is 83.7 cm³/mol. The van der Waals surface area contributed by atoms with Crippen LogP contribution in [0.25, 0.3) is 16.6 Å². The zero-order valence-electron chi connectivity index (χ0n) is 11.9. The summed E-state index contributed by atoms with van der Waals surface area (Å²) in [5.41, 5.74) is 8.78. The summed E-state index contributed by atoms with van der Waals surface area (Å²) in [6.07, 6.45) is 2.07. The molecule has 0 spiro atoms. The summed E-state index contributed by atoms with van der Waals surface area (Å²) in [6, 6.07) is 14.4. The van der Waals surface area contributed by atoms with Crippen molar-refractivity contribution in [3.8, 4) is 5.69 Å². The van der Waals surface area contributed by atoms with Gasteiger partial charge in [-0.15, -0.1) is 0 Å². The highest BCUT2D eigenvalue weighted by Crippen LogP contribution is 2.46. The zero-order chi connectivity index (χ0) is 15.3. The number of hydrogen-bond donors (Lipinski definition) is 1. The summed E-state index contributed by atoms with van der Waals surface area (Å²) in [5.74, 6) is -0.534. The van der Waals surface area contributed by atoms with Gasteiger partial charge in [-0.25, -0.2) is 4.39 Å². The summed E-state index contributed by atoms with van der Waals surface area (Å²) in [6.45, 7) is 0. The summed E-state index contributed by atoms with van der Waals surface area (Å²) >= 11 is 0. The molecule has 3 aromatic rings. The Morgan fingerprint density at radius 1 is 1.14 bits per heavy atom. The number of carbonyl (C=O) groups excluding carboxylic acids is 1. The lowest BCUT2D eigenvalue weighted by atomic mass is 10.1. The number of carbonyl (C=O) groups is 1. The fraction of sp³-hybridized carbons (Fsp3) is 0.167. The van der Waals surface area contributed by atoms with Crippen LogP contribution in [-0.2, 0) is 0 Å². The second-order valence-corrected chi connectivity index (χ2v) is 5.73. The van der Waals surface area contributed by atoms with Crippen molar-refractivity contribution < 1.29 is 9.18 Å². The van der Waals surface area contributed by atoms with Crippen LogP contribution in [0.2, 0.25) is 0 Å². The molecule has 1 aliphatic rings. The number of benzene rings is 2. The van der Waals surface area contributed by atoms with E-state index in [1.807, 2.05) is 34.9 Å². The van der Waals surface area contributed by atoms with E-state index in [2.05, 4.69) is 0 Å². The Labute approximate surface area is 127 Å². The van der Waals surface area contributed by atoms with Crippen molar-refractivity contribution in [2.75, 3.05) is 0 Å². The van der Waals surface area contributed by atoms with Crippen LogP contribution in [0.5, 0.6) is 0 Å². The summed E-state index contributed by atoms with van der Waals surface area (Å²) in [7, 11) is 0. The highest BCUT2D eigenvalue weighted by atomic mass is 19.1. The highest BCUT2D eigenvalue weighted by Gasteiger charge is 2.34. The molecule has 3 nitrogen and oxygen atoms in total. The van der Waals surface area contributed by atoms with Gasteiger partial charge >= 0.3 is 0 Å². The lowest BCUT2D eigenvalue weighted by Gasteiger charge is -2.11. The molecule has 110 valence electrons. The third-order valence-electron chi connectivity index (χ3n) is 4.19. The molecule has 22 heavy (non-hydrogen) atoms. The summed E-state index contributed by atoms with van der Waals surface area (Å²) in [5, 5.41) is 0.596. The molecule has 1 aliphatic carbocycles. The van der Waals surface area contributed by atoms with Gasteiger partial charge < -0.3 is 10.3 Å². The van der Waals surface area contributed by atoms with Crippen molar-refractivity contribution in [2.24, 2.45) is 5.73 Å². The highest BCUT2D eigenvalue weighted by molar-refractivity contribution is 6.08. The van der Waals surface area contributed by atoms with Crippen LogP contribution in [0.15, 0.2) is 48.5 Å². The Morgan fingerprint density at radius 2 is 1.86 bits per heavy atom. The second-order valence-electron chi connectivity index (χ2n) is 5.73. The molecule has 0 bridgehead atoms. The van der Waals surface area contributed by atoms with Gasteiger partial charge in [-0.2, -0.15) is 0 Å².